The number of benzene rings is 1. The molecule has 0 spiro atoms. The van der Waals surface area contributed by atoms with E-state index in [0.717, 1.165) is 16.8 Å². The first kappa shape index (κ1) is 24.0. The number of carbonyl (C=O) groups is 1. The molecule has 1 aliphatic rings. The van der Waals surface area contributed by atoms with E-state index in [4.69, 9.17) is 9.47 Å². The van der Waals surface area contributed by atoms with Gasteiger partial charge in [0.15, 0.2) is 11.5 Å². The fourth-order valence-electron chi connectivity index (χ4n) is 3.73. The molecule has 4 rings (SSSR count). The molecule has 3 heterocycles. The summed E-state index contributed by atoms with van der Waals surface area (Å²) in [5.41, 5.74) is 3.13. The molecule has 0 saturated carbocycles. The molecule has 9 nitrogen and oxygen atoms in total. The van der Waals surface area contributed by atoms with Crippen LogP contribution in [0.5, 0.6) is 11.5 Å². The molecule has 1 atom stereocenters. The highest BCUT2D eigenvalue weighted by Crippen LogP contribution is 2.34. The number of aliphatic hydroxyl groups is 1. The summed E-state index contributed by atoms with van der Waals surface area (Å²) < 4.78 is 12.5. The number of aliphatic hydroxyl groups excluding tert-OH is 1. The second kappa shape index (κ2) is 10.9. The van der Waals surface area contributed by atoms with Crippen molar-refractivity contribution >= 4 is 17.5 Å². The van der Waals surface area contributed by atoms with Crippen LogP contribution in [0.4, 0.5) is 11.6 Å². The van der Waals surface area contributed by atoms with Gasteiger partial charge in [-0.05, 0) is 45.4 Å². The normalized spacial score (nSPS) is 13.8. The third-order valence-electron chi connectivity index (χ3n) is 5.56. The van der Waals surface area contributed by atoms with Gasteiger partial charge >= 0.3 is 0 Å². The van der Waals surface area contributed by atoms with Crippen LogP contribution >= 0.6 is 0 Å². The molecule has 3 N–H and O–H groups in total. The maximum atomic E-state index is 12.8. The van der Waals surface area contributed by atoms with E-state index in [-0.39, 0.29) is 25.3 Å². The van der Waals surface area contributed by atoms with Crippen molar-refractivity contribution < 1.29 is 19.4 Å². The lowest BCUT2D eigenvalue weighted by atomic mass is 10.1. The number of fused-ring (bicyclic) bond motifs is 1. The SMILES string of the molecule is C/C=C\C(=C/C)C[C@@H](CO)NC(=O)c1ccn(-c2nc(Nc3ccc4c(c3)OCO4)ncc2C)c1. The molecule has 9 heteroatoms. The van der Waals surface area contributed by atoms with Crippen molar-refractivity contribution in [2.45, 2.75) is 33.2 Å². The number of nitrogens with one attached hydrogen (secondary N) is 2. The Labute approximate surface area is 204 Å². The predicted molar refractivity (Wildman–Crippen MR) is 133 cm³/mol. The Kier molecular flexibility index (Phi) is 7.47. The maximum Gasteiger partial charge on any atom is 0.253 e. The minimum Gasteiger partial charge on any atom is -0.454 e. The summed E-state index contributed by atoms with van der Waals surface area (Å²) in [4.78, 5) is 21.8. The average Bonchev–Trinajstić information content (AvgIpc) is 3.54. The molecule has 2 aromatic heterocycles. The summed E-state index contributed by atoms with van der Waals surface area (Å²) in [7, 11) is 0. The lowest BCUT2D eigenvalue weighted by Gasteiger charge is -2.16. The molecule has 35 heavy (non-hydrogen) atoms. The molecular weight excluding hydrogens is 446 g/mol. The Balaban J connectivity index is 1.48. The Morgan fingerprint density at radius 3 is 2.86 bits per heavy atom. The minimum atomic E-state index is -0.383. The number of aryl methyl sites for hydroxylation is 1. The second-order valence-electron chi connectivity index (χ2n) is 8.12. The zero-order valence-electron chi connectivity index (χ0n) is 20.0. The molecule has 182 valence electrons. The molecule has 0 unspecified atom stereocenters. The monoisotopic (exact) mass is 475 g/mol. The molecule has 3 aromatic rings. The van der Waals surface area contributed by atoms with Gasteiger partial charge in [0.1, 0.15) is 5.82 Å². The molecule has 0 bridgehead atoms. The first-order valence-corrected chi connectivity index (χ1v) is 11.4. The fraction of sp³-hybridized carbons (Fsp3) is 0.269. The van der Waals surface area contributed by atoms with E-state index < -0.39 is 0 Å². The van der Waals surface area contributed by atoms with Crippen LogP contribution < -0.4 is 20.1 Å². The third-order valence-corrected chi connectivity index (χ3v) is 5.56. The van der Waals surface area contributed by atoms with E-state index in [1.807, 2.05) is 57.2 Å². The van der Waals surface area contributed by atoms with E-state index >= 15 is 0 Å². The highest BCUT2D eigenvalue weighted by atomic mass is 16.7. The fourth-order valence-corrected chi connectivity index (χ4v) is 3.73. The zero-order valence-corrected chi connectivity index (χ0v) is 20.0. The lowest BCUT2D eigenvalue weighted by Crippen LogP contribution is -2.37. The molecule has 0 radical (unpaired) electrons. The second-order valence-corrected chi connectivity index (χ2v) is 8.12. The van der Waals surface area contributed by atoms with Crippen molar-refractivity contribution in [3.63, 3.8) is 0 Å². The topological polar surface area (TPSA) is 111 Å². The van der Waals surface area contributed by atoms with Crippen LogP contribution in [0.2, 0.25) is 0 Å². The van der Waals surface area contributed by atoms with E-state index in [9.17, 15) is 9.90 Å². The summed E-state index contributed by atoms with van der Waals surface area (Å²) in [6.07, 6.45) is 11.6. The van der Waals surface area contributed by atoms with Crippen molar-refractivity contribution in [3.8, 4) is 17.3 Å². The smallest absolute Gasteiger partial charge is 0.253 e. The van der Waals surface area contributed by atoms with Crippen LogP contribution in [-0.2, 0) is 0 Å². The third kappa shape index (κ3) is 5.70. The summed E-state index contributed by atoms with van der Waals surface area (Å²) in [6.45, 7) is 5.83. The summed E-state index contributed by atoms with van der Waals surface area (Å²) in [6, 6.07) is 6.86. The summed E-state index contributed by atoms with van der Waals surface area (Å²) in [5, 5.41) is 15.8. The molecule has 0 aliphatic carbocycles. The number of hydrogen-bond donors (Lipinski definition) is 3. The number of hydrogen-bond acceptors (Lipinski definition) is 7. The Hall–Kier alpha value is -4.11. The number of anilines is 2. The van der Waals surface area contributed by atoms with Crippen LogP contribution in [-0.4, -0.2) is 45.0 Å². The van der Waals surface area contributed by atoms with Gasteiger partial charge in [0.25, 0.3) is 5.91 Å². The highest BCUT2D eigenvalue weighted by Gasteiger charge is 2.17. The van der Waals surface area contributed by atoms with Gasteiger partial charge in [0.05, 0.1) is 18.2 Å². The van der Waals surface area contributed by atoms with E-state index in [0.29, 0.717) is 35.2 Å². The van der Waals surface area contributed by atoms with E-state index in [1.165, 1.54) is 0 Å². The van der Waals surface area contributed by atoms with Gasteiger partial charge in [-0.3, -0.25) is 4.79 Å². The first-order chi connectivity index (χ1) is 17.0. The van der Waals surface area contributed by atoms with Crippen LogP contribution in [0.15, 0.2) is 66.7 Å². The Morgan fingerprint density at radius 2 is 2.09 bits per heavy atom. The summed E-state index contributed by atoms with van der Waals surface area (Å²) in [5.74, 6) is 2.16. The number of aromatic nitrogens is 3. The van der Waals surface area contributed by atoms with Crippen molar-refractivity contribution in [1.82, 2.24) is 19.9 Å². The molecule has 0 saturated heterocycles. The van der Waals surface area contributed by atoms with Gasteiger partial charge in [0.2, 0.25) is 12.7 Å². The highest BCUT2D eigenvalue weighted by molar-refractivity contribution is 5.94. The van der Waals surface area contributed by atoms with Crippen LogP contribution in [0.1, 0.15) is 36.2 Å². The minimum absolute atomic E-state index is 0.152. The van der Waals surface area contributed by atoms with Gasteiger partial charge in [-0.2, -0.15) is 4.98 Å². The van der Waals surface area contributed by atoms with Crippen molar-refractivity contribution in [2.24, 2.45) is 0 Å². The van der Waals surface area contributed by atoms with Gasteiger partial charge in [-0.15, -0.1) is 0 Å². The lowest BCUT2D eigenvalue weighted by molar-refractivity contribution is 0.0917. The van der Waals surface area contributed by atoms with Crippen molar-refractivity contribution in [2.75, 3.05) is 18.7 Å². The number of rotatable bonds is 9. The summed E-state index contributed by atoms with van der Waals surface area (Å²) >= 11 is 0. The van der Waals surface area contributed by atoms with Crippen molar-refractivity contribution in [3.05, 3.63) is 77.8 Å². The van der Waals surface area contributed by atoms with Crippen molar-refractivity contribution in [1.29, 1.82) is 0 Å². The maximum absolute atomic E-state index is 12.8. The average molecular weight is 476 g/mol. The van der Waals surface area contributed by atoms with Crippen LogP contribution in [0, 0.1) is 6.92 Å². The largest absolute Gasteiger partial charge is 0.454 e. The predicted octanol–water partition coefficient (Wildman–Crippen LogP) is 4.05. The quantitative estimate of drug-likeness (QED) is 0.401. The van der Waals surface area contributed by atoms with Gasteiger partial charge < -0.3 is 29.8 Å². The van der Waals surface area contributed by atoms with E-state index in [2.05, 4.69) is 20.6 Å². The molecule has 1 amide bonds. The number of nitrogens with zero attached hydrogens (tertiary/aromatic N) is 3. The van der Waals surface area contributed by atoms with Gasteiger partial charge in [0, 0.05) is 35.9 Å². The number of ether oxygens (including phenoxy) is 2. The molecule has 1 aromatic carbocycles. The first-order valence-electron chi connectivity index (χ1n) is 11.4. The standard InChI is InChI=1S/C26H29N5O4/c1-4-6-18(5-2)11-21(15-32)28-25(33)19-9-10-31(14-19)24-17(3)13-27-26(30-24)29-20-7-8-22-23(12-20)35-16-34-22/h4-10,12-14,21,32H,11,15-16H2,1-3H3,(H,28,33)(H,27,29,30)/b6-4-,18-5+/t21-/m0/s1. The number of allylic oxidation sites excluding steroid dienone is 3. The van der Waals surface area contributed by atoms with E-state index in [1.54, 1.807) is 29.2 Å². The molecule has 0 fully saturated rings. The molecular formula is C26H29N5O4. The van der Waals surface area contributed by atoms with Gasteiger partial charge in [-0.1, -0.05) is 23.8 Å². The number of carbonyl (C=O) groups excluding carboxylic acids is 1. The Bertz CT molecular complexity index is 1260. The number of amides is 1. The van der Waals surface area contributed by atoms with Crippen LogP contribution in [0.25, 0.3) is 5.82 Å². The Morgan fingerprint density at radius 1 is 1.26 bits per heavy atom. The van der Waals surface area contributed by atoms with Gasteiger partial charge in [-0.25, -0.2) is 4.98 Å². The van der Waals surface area contributed by atoms with Crippen LogP contribution in [0.3, 0.4) is 0 Å². The molecule has 1 aliphatic heterocycles. The zero-order chi connectivity index (χ0) is 24.8.